The molecule has 0 radical (unpaired) electrons. The van der Waals surface area contributed by atoms with E-state index in [9.17, 15) is 9.90 Å². The minimum atomic E-state index is -0.119. The molecular weight excluding hydrogens is 422 g/mol. The van der Waals surface area contributed by atoms with Crippen LogP contribution in [0.1, 0.15) is 106 Å². The molecule has 0 aromatic heterocycles. The Morgan fingerprint density at radius 1 is 0.971 bits per heavy atom. The van der Waals surface area contributed by atoms with Gasteiger partial charge in [-0.25, -0.2) is 0 Å². The Kier molecular flexibility index (Phi) is 5.22. The molecule has 0 aromatic carbocycles. The highest BCUT2D eigenvalue weighted by Crippen LogP contribution is 2.87. The van der Waals surface area contributed by atoms with Gasteiger partial charge in [-0.3, -0.25) is 4.79 Å². The Morgan fingerprint density at radius 2 is 1.71 bits per heavy atom. The predicted molar refractivity (Wildman–Crippen MR) is 134 cm³/mol. The van der Waals surface area contributed by atoms with Gasteiger partial charge in [-0.2, -0.15) is 0 Å². The summed E-state index contributed by atoms with van der Waals surface area (Å²) >= 11 is 0. The van der Waals surface area contributed by atoms with E-state index < -0.39 is 0 Å². The molecule has 6 rings (SSSR count). The third-order valence-corrected chi connectivity index (χ3v) is 13.1. The molecule has 1 N–H and O–H groups in total. The fourth-order valence-electron chi connectivity index (χ4n) is 11.4. The lowest BCUT2D eigenvalue weighted by atomic mass is 9.46. The zero-order chi connectivity index (χ0) is 24.3. The van der Waals surface area contributed by atoms with Crippen LogP contribution in [0.5, 0.6) is 0 Å². The van der Waals surface area contributed by atoms with Gasteiger partial charge in [0, 0.05) is 19.5 Å². The van der Waals surface area contributed by atoms with Crippen LogP contribution in [0.15, 0.2) is 0 Å². The number of fused-ring (bicyclic) bond motifs is 4. The van der Waals surface area contributed by atoms with Crippen LogP contribution in [0, 0.1) is 45.3 Å². The SMILES string of the molecule is CC(=O)N(CC1CCC2C(CC3C4CCC5C(C)(C)[C@@H](O)CCC56C[C@@]46CCC23C)O1)C(C)C. The highest BCUT2D eigenvalue weighted by atomic mass is 16.5. The second kappa shape index (κ2) is 7.46. The van der Waals surface area contributed by atoms with Gasteiger partial charge in [-0.1, -0.05) is 20.8 Å². The first kappa shape index (κ1) is 23.8. The van der Waals surface area contributed by atoms with Crippen LogP contribution in [0.4, 0.5) is 0 Å². The molecule has 8 unspecified atom stereocenters. The Balaban J connectivity index is 1.21. The summed E-state index contributed by atoms with van der Waals surface area (Å²) in [5.74, 6) is 3.26. The number of carbonyl (C=O) groups excluding carboxylic acids is 1. The van der Waals surface area contributed by atoms with Crippen LogP contribution in [-0.4, -0.2) is 46.8 Å². The van der Waals surface area contributed by atoms with Crippen molar-refractivity contribution < 1.29 is 14.6 Å². The smallest absolute Gasteiger partial charge is 0.219 e. The van der Waals surface area contributed by atoms with E-state index in [1.54, 1.807) is 6.92 Å². The molecule has 6 aliphatic rings. The molecule has 5 aliphatic carbocycles. The highest BCUT2D eigenvalue weighted by Gasteiger charge is 2.80. The van der Waals surface area contributed by atoms with Gasteiger partial charge in [0.1, 0.15) is 0 Å². The van der Waals surface area contributed by atoms with Crippen LogP contribution in [-0.2, 0) is 9.53 Å². The molecular formula is C30H49NO3. The van der Waals surface area contributed by atoms with Crippen molar-refractivity contribution in [1.82, 2.24) is 4.90 Å². The van der Waals surface area contributed by atoms with Gasteiger partial charge in [0.2, 0.25) is 5.91 Å². The molecule has 1 amide bonds. The number of hydrogen-bond acceptors (Lipinski definition) is 3. The standard InChI is InChI=1S/C30H49NO3/c1-18(2)31(19(3)32)16-20-7-8-22-24(34-20)15-23-21-9-10-25-27(4,5)26(33)11-12-30(25)17-29(21,30)14-13-28(22,23)6/h18,20-26,33H,7-17H2,1-6H3/t20?,21?,22?,23?,24?,25?,26-,28?,29-,30?/m0/s1. The Bertz CT molecular complexity index is 854. The summed E-state index contributed by atoms with van der Waals surface area (Å²) in [6.07, 6.45) is 13.3. The number of carbonyl (C=O) groups is 1. The van der Waals surface area contributed by atoms with Gasteiger partial charge < -0.3 is 14.7 Å². The minimum Gasteiger partial charge on any atom is -0.393 e. The van der Waals surface area contributed by atoms with Crippen molar-refractivity contribution >= 4 is 5.91 Å². The maximum absolute atomic E-state index is 12.2. The number of aliphatic hydroxyl groups is 1. The first-order valence-electron chi connectivity index (χ1n) is 14.6. The summed E-state index contributed by atoms with van der Waals surface area (Å²) in [4.78, 5) is 14.2. The zero-order valence-corrected chi connectivity index (χ0v) is 22.6. The number of rotatable bonds is 3. The van der Waals surface area contributed by atoms with Crippen LogP contribution in [0.3, 0.4) is 0 Å². The lowest BCUT2D eigenvalue weighted by Crippen LogP contribution is -2.54. The molecule has 34 heavy (non-hydrogen) atoms. The normalized spacial score (nSPS) is 52.6. The summed E-state index contributed by atoms with van der Waals surface area (Å²) in [5, 5.41) is 10.8. The monoisotopic (exact) mass is 471 g/mol. The third-order valence-electron chi connectivity index (χ3n) is 13.1. The second-order valence-corrected chi connectivity index (χ2v) is 14.7. The van der Waals surface area contributed by atoms with Crippen LogP contribution in [0.2, 0.25) is 0 Å². The molecule has 6 fully saturated rings. The first-order valence-corrected chi connectivity index (χ1v) is 14.6. The molecule has 192 valence electrons. The van der Waals surface area contributed by atoms with E-state index in [2.05, 4.69) is 34.6 Å². The fourth-order valence-corrected chi connectivity index (χ4v) is 11.4. The summed E-state index contributed by atoms with van der Waals surface area (Å²) in [7, 11) is 0. The summed E-state index contributed by atoms with van der Waals surface area (Å²) < 4.78 is 6.85. The molecule has 4 heteroatoms. The largest absolute Gasteiger partial charge is 0.393 e. The lowest BCUT2D eigenvalue weighted by molar-refractivity contribution is -0.141. The minimum absolute atomic E-state index is 0.0759. The molecule has 5 saturated carbocycles. The van der Waals surface area contributed by atoms with E-state index in [-0.39, 0.29) is 29.6 Å². The third kappa shape index (κ3) is 2.93. The van der Waals surface area contributed by atoms with Crippen molar-refractivity contribution in [3.63, 3.8) is 0 Å². The van der Waals surface area contributed by atoms with Gasteiger partial charge in [-0.15, -0.1) is 0 Å². The molecule has 0 bridgehead atoms. The van der Waals surface area contributed by atoms with Crippen molar-refractivity contribution in [3.8, 4) is 0 Å². The predicted octanol–water partition coefficient (Wildman–Crippen LogP) is 5.81. The Morgan fingerprint density at radius 3 is 2.41 bits per heavy atom. The number of ether oxygens (including phenoxy) is 1. The van der Waals surface area contributed by atoms with Crippen LogP contribution < -0.4 is 0 Å². The molecule has 2 spiro atoms. The van der Waals surface area contributed by atoms with E-state index >= 15 is 0 Å². The van der Waals surface area contributed by atoms with Gasteiger partial charge in [0.25, 0.3) is 0 Å². The van der Waals surface area contributed by atoms with Gasteiger partial charge in [0.05, 0.1) is 18.3 Å². The van der Waals surface area contributed by atoms with Crippen molar-refractivity contribution in [2.45, 2.75) is 130 Å². The van der Waals surface area contributed by atoms with Crippen molar-refractivity contribution in [2.75, 3.05) is 6.54 Å². The van der Waals surface area contributed by atoms with Crippen molar-refractivity contribution in [1.29, 1.82) is 0 Å². The number of amides is 1. The molecule has 1 aliphatic heterocycles. The molecule has 10 atom stereocenters. The van der Waals surface area contributed by atoms with Crippen LogP contribution in [0.25, 0.3) is 0 Å². The Hall–Kier alpha value is -0.610. The van der Waals surface area contributed by atoms with Gasteiger partial charge in [0.15, 0.2) is 0 Å². The second-order valence-electron chi connectivity index (χ2n) is 14.7. The molecule has 4 nitrogen and oxygen atoms in total. The van der Waals surface area contributed by atoms with Crippen molar-refractivity contribution in [3.05, 3.63) is 0 Å². The van der Waals surface area contributed by atoms with Crippen molar-refractivity contribution in [2.24, 2.45) is 45.3 Å². The Labute approximate surface area is 207 Å². The van der Waals surface area contributed by atoms with E-state index in [1.807, 2.05) is 4.90 Å². The number of aliphatic hydroxyl groups excluding tert-OH is 1. The summed E-state index contributed by atoms with van der Waals surface area (Å²) in [6, 6.07) is 0.238. The van der Waals surface area contributed by atoms with E-state index in [4.69, 9.17) is 4.74 Å². The molecule has 0 aromatic rings. The quantitative estimate of drug-likeness (QED) is 0.565. The van der Waals surface area contributed by atoms with E-state index in [1.165, 1.54) is 51.4 Å². The first-order chi connectivity index (χ1) is 16.0. The lowest BCUT2D eigenvalue weighted by Gasteiger charge is -2.59. The van der Waals surface area contributed by atoms with E-state index in [0.29, 0.717) is 34.2 Å². The van der Waals surface area contributed by atoms with Gasteiger partial charge in [-0.05, 0) is 123 Å². The zero-order valence-electron chi connectivity index (χ0n) is 22.6. The summed E-state index contributed by atoms with van der Waals surface area (Å²) in [5.41, 5.74) is 1.60. The van der Waals surface area contributed by atoms with Crippen LogP contribution >= 0.6 is 0 Å². The topological polar surface area (TPSA) is 49.8 Å². The maximum atomic E-state index is 12.2. The number of hydrogen-bond donors (Lipinski definition) is 1. The summed E-state index contributed by atoms with van der Waals surface area (Å²) in [6.45, 7) is 14.0. The average molecular weight is 472 g/mol. The fraction of sp³-hybridized carbons (Fsp3) is 0.967. The average Bonchev–Trinajstić information content (AvgIpc) is 3.35. The molecule has 1 saturated heterocycles. The number of nitrogens with zero attached hydrogens (tertiary/aromatic N) is 1. The maximum Gasteiger partial charge on any atom is 0.219 e. The highest BCUT2D eigenvalue weighted by molar-refractivity contribution is 5.73. The van der Waals surface area contributed by atoms with Gasteiger partial charge >= 0.3 is 0 Å². The molecule has 1 heterocycles. The van der Waals surface area contributed by atoms with E-state index in [0.717, 1.165) is 31.2 Å².